The second kappa shape index (κ2) is 8.91. The molecule has 1 N–H and O–H groups in total. The molecule has 0 saturated carbocycles. The Kier molecular flexibility index (Phi) is 6.88. The number of hydrogen-bond acceptors (Lipinski definition) is 7. The maximum Gasteiger partial charge on any atom is 0.338 e. The molecule has 5 atom stereocenters. The van der Waals surface area contributed by atoms with Crippen LogP contribution < -0.4 is 0 Å². The van der Waals surface area contributed by atoms with Crippen molar-refractivity contribution in [3.05, 3.63) is 35.9 Å². The highest BCUT2D eigenvalue weighted by Crippen LogP contribution is 2.30. The van der Waals surface area contributed by atoms with Gasteiger partial charge >= 0.3 is 11.9 Å². The maximum absolute atomic E-state index is 12.3. The van der Waals surface area contributed by atoms with Crippen molar-refractivity contribution in [2.75, 3.05) is 0 Å². The number of Topliss-reactive ketones (excluding diaryl/α,β-unsaturated/α-hetero) is 1. The van der Waals surface area contributed by atoms with E-state index in [9.17, 15) is 19.5 Å². The van der Waals surface area contributed by atoms with E-state index in [0.717, 1.165) is 0 Å². The number of benzene rings is 1. The molecule has 0 spiro atoms. The summed E-state index contributed by atoms with van der Waals surface area (Å²) in [6, 6.07) is 8.39. The van der Waals surface area contributed by atoms with E-state index in [4.69, 9.17) is 14.2 Å². The molecule has 0 amide bonds. The summed E-state index contributed by atoms with van der Waals surface area (Å²) in [5, 5.41) is 10.1. The molecule has 2 rings (SSSR count). The van der Waals surface area contributed by atoms with Gasteiger partial charge in [0.25, 0.3) is 0 Å². The summed E-state index contributed by atoms with van der Waals surface area (Å²) in [4.78, 5) is 35.2. The molecule has 0 bridgehead atoms. The van der Waals surface area contributed by atoms with Crippen LogP contribution in [0.3, 0.4) is 0 Å². The number of carbonyl (C=O) groups excluding carboxylic acids is 3. The summed E-state index contributed by atoms with van der Waals surface area (Å²) in [7, 11) is 0. The topological polar surface area (TPSA) is 99.1 Å². The third kappa shape index (κ3) is 5.12. The Morgan fingerprint density at radius 2 is 1.69 bits per heavy atom. The summed E-state index contributed by atoms with van der Waals surface area (Å²) in [6.45, 7) is 4.78. The lowest BCUT2D eigenvalue weighted by Gasteiger charge is -2.41. The van der Waals surface area contributed by atoms with Gasteiger partial charge in [0.2, 0.25) is 0 Å². The first-order valence-corrected chi connectivity index (χ1v) is 8.58. The monoisotopic (exact) mass is 364 g/mol. The Hall–Kier alpha value is -2.25. The van der Waals surface area contributed by atoms with E-state index in [1.807, 2.05) is 0 Å². The molecule has 1 aromatic rings. The smallest absolute Gasteiger partial charge is 0.338 e. The molecular weight excluding hydrogens is 340 g/mol. The molecule has 1 saturated heterocycles. The highest BCUT2D eigenvalue weighted by Gasteiger charge is 2.45. The first-order valence-electron chi connectivity index (χ1n) is 8.58. The van der Waals surface area contributed by atoms with Gasteiger partial charge in [-0.25, -0.2) is 4.79 Å². The molecule has 1 aliphatic heterocycles. The molecule has 1 heterocycles. The van der Waals surface area contributed by atoms with Crippen molar-refractivity contribution in [1.82, 2.24) is 0 Å². The van der Waals surface area contributed by atoms with Gasteiger partial charge in [-0.2, -0.15) is 0 Å². The Morgan fingerprint density at radius 1 is 1.04 bits per heavy atom. The molecule has 1 aliphatic rings. The number of esters is 2. The largest absolute Gasteiger partial charge is 0.459 e. The molecule has 1 aromatic carbocycles. The molecule has 26 heavy (non-hydrogen) atoms. The fraction of sp³-hybridized carbons (Fsp3) is 0.526. The van der Waals surface area contributed by atoms with Crippen molar-refractivity contribution in [1.29, 1.82) is 0 Å². The third-order valence-corrected chi connectivity index (χ3v) is 4.34. The fourth-order valence-corrected chi connectivity index (χ4v) is 2.87. The van der Waals surface area contributed by atoms with Crippen LogP contribution in [0.4, 0.5) is 0 Å². The molecule has 1 fully saturated rings. The van der Waals surface area contributed by atoms with Crippen LogP contribution in [-0.4, -0.2) is 47.4 Å². The molecule has 0 aliphatic carbocycles. The van der Waals surface area contributed by atoms with Gasteiger partial charge in [-0.3, -0.25) is 4.79 Å². The zero-order valence-corrected chi connectivity index (χ0v) is 15.1. The Morgan fingerprint density at radius 3 is 2.31 bits per heavy atom. The quantitative estimate of drug-likeness (QED) is 0.769. The first kappa shape index (κ1) is 20.1. The van der Waals surface area contributed by atoms with E-state index in [-0.39, 0.29) is 18.6 Å². The van der Waals surface area contributed by atoms with Gasteiger partial charge in [0, 0.05) is 12.3 Å². The standard InChI is InChI=1S/C19H24O7/c1-11(20)9-10-15(21)25-16-12(2)17(19(23)24-13(16)3)26-18(22)14-7-5-4-6-8-14/h4-8,12-13,16-17,19,23H,9-10H2,1-3H3/t12-,13?,16-,17?,19+/m0/s1. The average molecular weight is 364 g/mol. The Balaban J connectivity index is 2.04. The number of rotatable bonds is 6. The van der Waals surface area contributed by atoms with Crippen molar-refractivity contribution in [3.63, 3.8) is 0 Å². The van der Waals surface area contributed by atoms with E-state index >= 15 is 0 Å². The van der Waals surface area contributed by atoms with Crippen LogP contribution in [0, 0.1) is 5.92 Å². The lowest BCUT2D eigenvalue weighted by Crippen LogP contribution is -2.55. The van der Waals surface area contributed by atoms with Crippen molar-refractivity contribution in [2.45, 2.75) is 58.2 Å². The van der Waals surface area contributed by atoms with E-state index in [0.29, 0.717) is 5.56 Å². The first-order chi connectivity index (χ1) is 12.3. The fourth-order valence-electron chi connectivity index (χ4n) is 2.87. The van der Waals surface area contributed by atoms with Crippen molar-refractivity contribution in [2.24, 2.45) is 5.92 Å². The summed E-state index contributed by atoms with van der Waals surface area (Å²) in [5.74, 6) is -1.71. The highest BCUT2D eigenvalue weighted by atomic mass is 16.7. The SMILES string of the molecule is CC(=O)CCC(=O)O[C@@H]1C(C)O[C@@H](O)C(OC(=O)c2ccccc2)[C@H]1C. The lowest BCUT2D eigenvalue weighted by atomic mass is 9.91. The molecule has 7 nitrogen and oxygen atoms in total. The van der Waals surface area contributed by atoms with Crippen LogP contribution in [0.15, 0.2) is 30.3 Å². The van der Waals surface area contributed by atoms with Crippen LogP contribution in [-0.2, 0) is 23.8 Å². The van der Waals surface area contributed by atoms with Gasteiger partial charge in [-0.05, 0) is 26.0 Å². The molecule has 7 heteroatoms. The average Bonchev–Trinajstić information content (AvgIpc) is 2.61. The summed E-state index contributed by atoms with van der Waals surface area (Å²) in [5.41, 5.74) is 0.348. The lowest BCUT2D eigenvalue weighted by molar-refractivity contribution is -0.265. The Bertz CT molecular complexity index is 643. The molecule has 2 unspecified atom stereocenters. The highest BCUT2D eigenvalue weighted by molar-refractivity contribution is 5.89. The molecule has 0 radical (unpaired) electrons. The third-order valence-electron chi connectivity index (χ3n) is 4.34. The minimum absolute atomic E-state index is 0.0255. The van der Waals surface area contributed by atoms with Gasteiger partial charge in [-0.15, -0.1) is 0 Å². The number of carbonyl (C=O) groups is 3. The van der Waals surface area contributed by atoms with Gasteiger partial charge in [0.05, 0.1) is 18.1 Å². The van der Waals surface area contributed by atoms with Crippen molar-refractivity contribution in [3.8, 4) is 0 Å². The maximum atomic E-state index is 12.3. The summed E-state index contributed by atoms with van der Waals surface area (Å²) < 4.78 is 16.2. The van der Waals surface area contributed by atoms with Crippen LogP contribution in [0.5, 0.6) is 0 Å². The van der Waals surface area contributed by atoms with E-state index in [1.54, 1.807) is 44.2 Å². The molecular formula is C19H24O7. The predicted molar refractivity (Wildman–Crippen MR) is 91.2 cm³/mol. The summed E-state index contributed by atoms with van der Waals surface area (Å²) in [6.07, 6.45) is -3.50. The van der Waals surface area contributed by atoms with Gasteiger partial charge in [0.1, 0.15) is 11.9 Å². The van der Waals surface area contributed by atoms with Gasteiger partial charge in [0.15, 0.2) is 12.4 Å². The summed E-state index contributed by atoms with van der Waals surface area (Å²) >= 11 is 0. The van der Waals surface area contributed by atoms with Crippen molar-refractivity contribution < 1.29 is 33.7 Å². The van der Waals surface area contributed by atoms with Crippen molar-refractivity contribution >= 4 is 17.7 Å². The minimum atomic E-state index is -1.32. The van der Waals surface area contributed by atoms with E-state index in [1.165, 1.54) is 6.92 Å². The molecule has 0 aromatic heterocycles. The van der Waals surface area contributed by atoms with Gasteiger partial charge in [-0.1, -0.05) is 25.1 Å². The van der Waals surface area contributed by atoms with E-state index in [2.05, 4.69) is 0 Å². The number of ether oxygens (including phenoxy) is 3. The van der Waals surface area contributed by atoms with Crippen LogP contribution >= 0.6 is 0 Å². The van der Waals surface area contributed by atoms with Crippen LogP contribution in [0.1, 0.15) is 44.0 Å². The number of ketones is 1. The van der Waals surface area contributed by atoms with Crippen LogP contribution in [0.25, 0.3) is 0 Å². The Labute approximate surface area is 152 Å². The number of aliphatic hydroxyl groups is 1. The van der Waals surface area contributed by atoms with E-state index < -0.39 is 42.5 Å². The molecule has 142 valence electrons. The second-order valence-electron chi connectivity index (χ2n) is 6.48. The normalized spacial score (nSPS) is 28.2. The number of aliphatic hydroxyl groups excluding tert-OH is 1. The minimum Gasteiger partial charge on any atom is -0.459 e. The van der Waals surface area contributed by atoms with Gasteiger partial charge < -0.3 is 24.1 Å². The zero-order chi connectivity index (χ0) is 19.3. The van der Waals surface area contributed by atoms with Crippen LogP contribution in [0.2, 0.25) is 0 Å². The zero-order valence-electron chi connectivity index (χ0n) is 15.1. The predicted octanol–water partition coefficient (Wildman–Crippen LogP) is 1.87. The number of hydrogen-bond donors (Lipinski definition) is 1. The second-order valence-corrected chi connectivity index (χ2v) is 6.48.